The first kappa shape index (κ1) is 21.2. The van der Waals surface area contributed by atoms with Crippen molar-refractivity contribution in [3.8, 4) is 0 Å². The zero-order chi connectivity index (χ0) is 21.3. The van der Waals surface area contributed by atoms with Gasteiger partial charge in [-0.2, -0.15) is 18.3 Å². The highest BCUT2D eigenvalue weighted by molar-refractivity contribution is 8.00. The third-order valence-electron chi connectivity index (χ3n) is 5.35. The Labute approximate surface area is 181 Å². The zero-order valence-corrected chi connectivity index (χ0v) is 17.7. The van der Waals surface area contributed by atoms with E-state index in [9.17, 15) is 18.0 Å². The Morgan fingerprint density at radius 2 is 1.83 bits per heavy atom. The van der Waals surface area contributed by atoms with Crippen LogP contribution in [0.4, 0.5) is 13.2 Å². The van der Waals surface area contributed by atoms with Gasteiger partial charge in [0.2, 0.25) is 5.91 Å². The summed E-state index contributed by atoms with van der Waals surface area (Å²) in [5.74, 6) is 1.19. The van der Waals surface area contributed by atoms with Crippen LogP contribution in [0.1, 0.15) is 49.0 Å². The molecule has 1 saturated heterocycles. The molecule has 0 bridgehead atoms. The van der Waals surface area contributed by atoms with Crippen LogP contribution in [-0.4, -0.2) is 44.2 Å². The number of alkyl halides is 3. The van der Waals surface area contributed by atoms with Crippen LogP contribution in [0.15, 0.2) is 35.2 Å². The molecule has 1 N–H and O–H groups in total. The number of hydrogen-bond acceptors (Lipinski definition) is 4. The van der Waals surface area contributed by atoms with E-state index in [0.29, 0.717) is 29.5 Å². The molecule has 5 nitrogen and oxygen atoms in total. The van der Waals surface area contributed by atoms with E-state index in [1.165, 1.54) is 18.2 Å². The van der Waals surface area contributed by atoms with Crippen LogP contribution >= 0.6 is 24.0 Å². The van der Waals surface area contributed by atoms with Crippen molar-refractivity contribution in [1.29, 1.82) is 0 Å². The first-order valence-corrected chi connectivity index (χ1v) is 11.0. The van der Waals surface area contributed by atoms with Crippen molar-refractivity contribution in [1.82, 2.24) is 19.7 Å². The van der Waals surface area contributed by atoms with Gasteiger partial charge in [-0.25, -0.2) is 0 Å². The lowest BCUT2D eigenvalue weighted by atomic mass is 9.95. The molecule has 30 heavy (non-hydrogen) atoms. The third kappa shape index (κ3) is 5.15. The predicted octanol–water partition coefficient (Wildman–Crippen LogP) is 5.31. The first-order chi connectivity index (χ1) is 14.3. The van der Waals surface area contributed by atoms with Crippen LogP contribution in [0.3, 0.4) is 0 Å². The minimum absolute atomic E-state index is 0.0942. The lowest BCUT2D eigenvalue weighted by molar-refractivity contribution is -0.127. The molecular weight excluding hydrogens is 433 g/mol. The minimum atomic E-state index is -4.31. The van der Waals surface area contributed by atoms with E-state index < -0.39 is 5.51 Å². The summed E-state index contributed by atoms with van der Waals surface area (Å²) in [6, 6.07) is 6.42. The van der Waals surface area contributed by atoms with E-state index in [2.05, 4.69) is 14.8 Å². The number of likely N-dealkylation sites (tertiary alicyclic amines) is 1. The molecule has 0 unspecified atom stereocenters. The van der Waals surface area contributed by atoms with Gasteiger partial charge in [0.05, 0.1) is 0 Å². The Morgan fingerprint density at radius 1 is 1.17 bits per heavy atom. The fourth-order valence-electron chi connectivity index (χ4n) is 3.70. The number of hydrogen-bond donors (Lipinski definition) is 1. The molecule has 4 rings (SSSR count). The Kier molecular flexibility index (Phi) is 6.06. The number of piperidine rings is 1. The molecule has 2 fully saturated rings. The van der Waals surface area contributed by atoms with E-state index in [1.54, 1.807) is 23.1 Å². The van der Waals surface area contributed by atoms with Crippen molar-refractivity contribution >= 4 is 36.0 Å². The molecule has 1 aromatic heterocycles. The van der Waals surface area contributed by atoms with Gasteiger partial charge < -0.3 is 9.47 Å². The number of amides is 1. The number of nitrogens with zero attached hydrogens (tertiary/aromatic N) is 3. The molecule has 0 atom stereocenters. The number of carbonyl (C=O) groups is 1. The van der Waals surface area contributed by atoms with Gasteiger partial charge >= 0.3 is 5.51 Å². The standard InChI is InChI=1S/C20H21F3N4OS2/c21-20(22,23)30-16-6-1-13(2-7-16)3-8-17(28)26-11-9-14(10-12-26)18-24-25-19(29)27(18)15-4-5-15/h1-3,6-8,14-15H,4-5,9-12H2,(H,25,29). The molecule has 1 aliphatic carbocycles. The number of aromatic amines is 1. The Morgan fingerprint density at radius 3 is 2.43 bits per heavy atom. The van der Waals surface area contributed by atoms with Gasteiger partial charge in [-0.1, -0.05) is 12.1 Å². The summed E-state index contributed by atoms with van der Waals surface area (Å²) in [7, 11) is 0. The number of nitrogens with one attached hydrogen (secondary N) is 1. The van der Waals surface area contributed by atoms with Crippen molar-refractivity contribution in [3.05, 3.63) is 46.5 Å². The number of rotatable bonds is 5. The molecule has 1 aliphatic heterocycles. The van der Waals surface area contributed by atoms with Gasteiger partial charge in [-0.05, 0) is 73.4 Å². The number of benzene rings is 1. The fraction of sp³-hybridized carbons (Fsp3) is 0.450. The van der Waals surface area contributed by atoms with Gasteiger partial charge in [-0.15, -0.1) is 0 Å². The molecule has 0 spiro atoms. The summed E-state index contributed by atoms with van der Waals surface area (Å²) >= 11 is 5.20. The molecule has 1 amide bonds. The Bertz CT molecular complexity index is 985. The average molecular weight is 455 g/mol. The second-order valence-corrected chi connectivity index (χ2v) is 9.06. The smallest absolute Gasteiger partial charge is 0.339 e. The molecule has 1 saturated carbocycles. The number of aromatic nitrogens is 3. The van der Waals surface area contributed by atoms with Crippen molar-refractivity contribution < 1.29 is 18.0 Å². The summed E-state index contributed by atoms with van der Waals surface area (Å²) < 4.78 is 40.0. The molecule has 2 aliphatic rings. The van der Waals surface area contributed by atoms with E-state index in [1.807, 2.05) is 0 Å². The highest BCUT2D eigenvalue weighted by Crippen LogP contribution is 2.39. The van der Waals surface area contributed by atoms with Gasteiger partial charge in [0.25, 0.3) is 0 Å². The second-order valence-electron chi connectivity index (χ2n) is 7.54. The third-order valence-corrected chi connectivity index (χ3v) is 6.37. The molecular formula is C20H21F3N4OS2. The van der Waals surface area contributed by atoms with E-state index in [-0.39, 0.29) is 28.5 Å². The molecule has 1 aromatic carbocycles. The maximum Gasteiger partial charge on any atom is 0.446 e. The molecule has 10 heteroatoms. The van der Waals surface area contributed by atoms with Crippen LogP contribution in [0, 0.1) is 4.77 Å². The van der Waals surface area contributed by atoms with Gasteiger partial charge in [0, 0.05) is 36.0 Å². The Balaban J connectivity index is 1.32. The highest BCUT2D eigenvalue weighted by atomic mass is 32.2. The maximum atomic E-state index is 12.5. The van der Waals surface area contributed by atoms with Crippen LogP contribution in [0.5, 0.6) is 0 Å². The van der Waals surface area contributed by atoms with Crippen molar-refractivity contribution in [2.45, 2.75) is 48.0 Å². The number of H-pyrrole nitrogens is 1. The molecule has 0 radical (unpaired) electrons. The van der Waals surface area contributed by atoms with E-state index in [4.69, 9.17) is 12.2 Å². The lowest BCUT2D eigenvalue weighted by Crippen LogP contribution is -2.37. The number of carbonyl (C=O) groups excluding carboxylic acids is 1. The lowest BCUT2D eigenvalue weighted by Gasteiger charge is -2.31. The van der Waals surface area contributed by atoms with Crippen LogP contribution < -0.4 is 0 Å². The maximum absolute atomic E-state index is 12.5. The van der Waals surface area contributed by atoms with Crippen molar-refractivity contribution in [3.63, 3.8) is 0 Å². The minimum Gasteiger partial charge on any atom is -0.339 e. The summed E-state index contributed by atoms with van der Waals surface area (Å²) in [6.45, 7) is 1.28. The number of thioether (sulfide) groups is 1. The van der Waals surface area contributed by atoms with Crippen molar-refractivity contribution in [2.24, 2.45) is 0 Å². The second kappa shape index (κ2) is 8.58. The van der Waals surface area contributed by atoms with Crippen LogP contribution in [-0.2, 0) is 4.79 Å². The summed E-state index contributed by atoms with van der Waals surface area (Å²) in [6.07, 6.45) is 7.05. The molecule has 2 heterocycles. The predicted molar refractivity (Wildman–Crippen MR) is 112 cm³/mol. The topological polar surface area (TPSA) is 53.9 Å². The molecule has 160 valence electrons. The normalized spacial score (nSPS) is 18.3. The number of halogens is 3. The quantitative estimate of drug-likeness (QED) is 0.378. The van der Waals surface area contributed by atoms with Crippen molar-refractivity contribution in [2.75, 3.05) is 13.1 Å². The van der Waals surface area contributed by atoms with Gasteiger partial charge in [0.15, 0.2) is 4.77 Å². The molecule has 2 aromatic rings. The van der Waals surface area contributed by atoms with Gasteiger partial charge in [-0.3, -0.25) is 9.89 Å². The highest BCUT2D eigenvalue weighted by Gasteiger charge is 2.32. The van der Waals surface area contributed by atoms with Gasteiger partial charge in [0.1, 0.15) is 5.82 Å². The van der Waals surface area contributed by atoms with Crippen LogP contribution in [0.25, 0.3) is 6.08 Å². The monoisotopic (exact) mass is 454 g/mol. The average Bonchev–Trinajstić information content (AvgIpc) is 3.47. The summed E-state index contributed by atoms with van der Waals surface area (Å²) in [5, 5.41) is 7.34. The van der Waals surface area contributed by atoms with E-state index >= 15 is 0 Å². The SMILES string of the molecule is O=C(C=Cc1ccc(SC(F)(F)F)cc1)N1CCC(c2n[nH]c(=S)n2C2CC2)CC1. The summed E-state index contributed by atoms with van der Waals surface area (Å²) in [4.78, 5) is 14.4. The zero-order valence-electron chi connectivity index (χ0n) is 16.1. The largest absolute Gasteiger partial charge is 0.446 e. The Hall–Kier alpha value is -2.07. The van der Waals surface area contributed by atoms with Crippen LogP contribution in [0.2, 0.25) is 0 Å². The fourth-order valence-corrected chi connectivity index (χ4v) is 4.53. The first-order valence-electron chi connectivity index (χ1n) is 9.80. The van der Waals surface area contributed by atoms with E-state index in [0.717, 1.165) is 31.5 Å². The summed E-state index contributed by atoms with van der Waals surface area (Å²) in [5.41, 5.74) is -3.62.